The highest BCUT2D eigenvalue weighted by atomic mass is 16.5. The minimum absolute atomic E-state index is 0.0715. The number of ether oxygens (including phenoxy) is 2. The summed E-state index contributed by atoms with van der Waals surface area (Å²) in [7, 11) is 1.40. The molecule has 1 aliphatic heterocycles. The number of aryl methyl sites for hydroxylation is 1. The highest BCUT2D eigenvalue weighted by Crippen LogP contribution is 2.23. The molecule has 0 spiro atoms. The number of carbonyl (C=O) groups is 2. The molecule has 1 amide bonds. The Hall–Kier alpha value is -3.16. The molecule has 0 aliphatic carbocycles. The number of benzene rings is 1. The Labute approximate surface area is 169 Å². The molecule has 0 N–H and O–H groups in total. The summed E-state index contributed by atoms with van der Waals surface area (Å²) >= 11 is 0. The third-order valence-electron chi connectivity index (χ3n) is 5.00. The van der Waals surface area contributed by atoms with Crippen LogP contribution in [0.4, 0.5) is 0 Å². The van der Waals surface area contributed by atoms with Gasteiger partial charge in [0.1, 0.15) is 0 Å². The molecule has 2 aromatic rings. The maximum atomic E-state index is 13.1. The van der Waals surface area contributed by atoms with Crippen LogP contribution in [0.5, 0.6) is 5.75 Å². The predicted octanol–water partition coefficient (Wildman–Crippen LogP) is 1.96. The lowest BCUT2D eigenvalue weighted by atomic mass is 9.97. The van der Waals surface area contributed by atoms with Gasteiger partial charge in [-0.2, -0.15) is 9.78 Å². The van der Waals surface area contributed by atoms with E-state index < -0.39 is 0 Å². The van der Waals surface area contributed by atoms with E-state index >= 15 is 0 Å². The quantitative estimate of drug-likeness (QED) is 0.714. The van der Waals surface area contributed by atoms with Crippen LogP contribution >= 0.6 is 0 Å². The first-order chi connectivity index (χ1) is 13.9. The Morgan fingerprint density at radius 1 is 1.17 bits per heavy atom. The molecule has 0 unspecified atom stereocenters. The fraction of sp³-hybridized carbons (Fsp3) is 0.429. The molecule has 154 valence electrons. The Morgan fingerprint density at radius 3 is 2.41 bits per heavy atom. The maximum Gasteiger partial charge on any atom is 0.309 e. The first kappa shape index (κ1) is 20.6. The molecule has 1 aromatic heterocycles. The number of hydrogen-bond acceptors (Lipinski definition) is 6. The molecule has 0 saturated carbocycles. The van der Waals surface area contributed by atoms with Crippen LogP contribution in [0.25, 0.3) is 5.69 Å². The summed E-state index contributed by atoms with van der Waals surface area (Å²) in [6.07, 6.45) is 1.06. The number of carbonyl (C=O) groups excluding carboxylic acids is 2. The Morgan fingerprint density at radius 2 is 1.83 bits per heavy atom. The van der Waals surface area contributed by atoms with Crippen LogP contribution in [0, 0.1) is 12.8 Å². The first-order valence-electron chi connectivity index (χ1n) is 9.66. The molecule has 0 bridgehead atoms. The summed E-state index contributed by atoms with van der Waals surface area (Å²) in [5.41, 5.74) is 1.31. The third-order valence-corrected chi connectivity index (χ3v) is 5.00. The topological polar surface area (TPSA) is 90.7 Å². The lowest BCUT2D eigenvalue weighted by Crippen LogP contribution is -2.41. The van der Waals surface area contributed by atoms with Gasteiger partial charge in [0, 0.05) is 13.1 Å². The van der Waals surface area contributed by atoms with Gasteiger partial charge in [0.15, 0.2) is 11.4 Å². The van der Waals surface area contributed by atoms with Gasteiger partial charge in [-0.15, -0.1) is 0 Å². The Kier molecular flexibility index (Phi) is 6.31. The number of likely N-dealkylation sites (tertiary alicyclic amines) is 1. The second kappa shape index (κ2) is 8.89. The number of amides is 1. The monoisotopic (exact) mass is 399 g/mol. The Balaban J connectivity index is 1.85. The molecule has 1 saturated heterocycles. The van der Waals surface area contributed by atoms with Crippen molar-refractivity contribution in [3.63, 3.8) is 0 Å². The van der Waals surface area contributed by atoms with Gasteiger partial charge in [0.25, 0.3) is 11.5 Å². The van der Waals surface area contributed by atoms with Crippen molar-refractivity contribution >= 4 is 11.9 Å². The van der Waals surface area contributed by atoms with Gasteiger partial charge in [-0.3, -0.25) is 14.4 Å². The number of rotatable bonds is 5. The van der Waals surface area contributed by atoms with E-state index in [-0.39, 0.29) is 34.8 Å². The van der Waals surface area contributed by atoms with Crippen LogP contribution in [0.15, 0.2) is 35.1 Å². The fourth-order valence-corrected chi connectivity index (χ4v) is 3.34. The predicted molar refractivity (Wildman–Crippen MR) is 106 cm³/mol. The molecule has 2 heterocycles. The molecule has 0 atom stereocenters. The second-order valence-electron chi connectivity index (χ2n) is 6.97. The zero-order chi connectivity index (χ0) is 21.0. The van der Waals surface area contributed by atoms with Gasteiger partial charge < -0.3 is 14.4 Å². The van der Waals surface area contributed by atoms with Crippen molar-refractivity contribution in [1.29, 1.82) is 0 Å². The van der Waals surface area contributed by atoms with Crippen LogP contribution < -0.4 is 10.3 Å². The van der Waals surface area contributed by atoms with E-state index in [2.05, 4.69) is 5.10 Å². The zero-order valence-corrected chi connectivity index (χ0v) is 16.9. The summed E-state index contributed by atoms with van der Waals surface area (Å²) in [6.45, 7) is 4.90. The molecule has 1 fully saturated rings. The van der Waals surface area contributed by atoms with Gasteiger partial charge in [0.05, 0.1) is 31.4 Å². The van der Waals surface area contributed by atoms with Crippen molar-refractivity contribution in [2.45, 2.75) is 26.7 Å². The minimum Gasteiger partial charge on any atom is -0.494 e. The molecule has 1 aromatic carbocycles. The number of piperidine rings is 1. The zero-order valence-electron chi connectivity index (χ0n) is 16.9. The third kappa shape index (κ3) is 4.47. The summed E-state index contributed by atoms with van der Waals surface area (Å²) < 4.78 is 11.5. The van der Waals surface area contributed by atoms with Crippen LogP contribution in [0.1, 0.15) is 35.8 Å². The fourth-order valence-electron chi connectivity index (χ4n) is 3.34. The number of aromatic nitrogens is 2. The highest BCUT2D eigenvalue weighted by molar-refractivity contribution is 5.95. The molecule has 29 heavy (non-hydrogen) atoms. The molecule has 8 heteroatoms. The van der Waals surface area contributed by atoms with E-state index in [1.165, 1.54) is 17.9 Å². The number of hydrogen-bond donors (Lipinski definition) is 0. The smallest absolute Gasteiger partial charge is 0.309 e. The van der Waals surface area contributed by atoms with Gasteiger partial charge in [0.2, 0.25) is 0 Å². The van der Waals surface area contributed by atoms with Gasteiger partial charge >= 0.3 is 5.97 Å². The first-order valence-corrected chi connectivity index (χ1v) is 9.66. The van der Waals surface area contributed by atoms with E-state index in [9.17, 15) is 14.4 Å². The van der Waals surface area contributed by atoms with Crippen LogP contribution in [0.3, 0.4) is 0 Å². The summed E-state index contributed by atoms with van der Waals surface area (Å²) in [5, 5.41) is 4.30. The largest absolute Gasteiger partial charge is 0.494 e. The van der Waals surface area contributed by atoms with Crippen molar-refractivity contribution in [3.05, 3.63) is 51.9 Å². The summed E-state index contributed by atoms with van der Waals surface area (Å²) in [4.78, 5) is 39.1. The van der Waals surface area contributed by atoms with Gasteiger partial charge in [-0.25, -0.2) is 0 Å². The molecule has 3 rings (SSSR count). The van der Waals surface area contributed by atoms with Crippen molar-refractivity contribution in [1.82, 2.24) is 14.7 Å². The lowest BCUT2D eigenvalue weighted by molar-refractivity contribution is -0.149. The Bertz CT molecular complexity index is 944. The summed E-state index contributed by atoms with van der Waals surface area (Å²) in [6, 6.07) is 8.56. The summed E-state index contributed by atoms with van der Waals surface area (Å²) in [5.74, 6) is -0.612. The second-order valence-corrected chi connectivity index (χ2v) is 6.97. The molecule has 8 nitrogen and oxygen atoms in total. The van der Waals surface area contributed by atoms with Crippen LogP contribution in [-0.4, -0.2) is 53.4 Å². The van der Waals surface area contributed by atoms with Crippen molar-refractivity contribution < 1.29 is 19.1 Å². The van der Waals surface area contributed by atoms with Gasteiger partial charge in [-0.1, -0.05) is 17.7 Å². The SMILES string of the molecule is CCOC(=O)C1CCN(C(=O)c2nn(-c3ccc(C)cc3)c(=O)cc2OC)CC1. The van der Waals surface area contributed by atoms with E-state index in [4.69, 9.17) is 9.47 Å². The highest BCUT2D eigenvalue weighted by Gasteiger charge is 2.31. The standard InChI is InChI=1S/C21H25N3O5/c1-4-29-21(27)15-9-11-23(12-10-15)20(26)19-17(28-3)13-18(25)24(22-19)16-7-5-14(2)6-8-16/h5-8,13,15H,4,9-12H2,1-3H3. The maximum absolute atomic E-state index is 13.1. The minimum atomic E-state index is -0.386. The molecule has 0 radical (unpaired) electrons. The van der Waals surface area contributed by atoms with Crippen LogP contribution in [-0.2, 0) is 9.53 Å². The van der Waals surface area contributed by atoms with Gasteiger partial charge in [-0.05, 0) is 38.8 Å². The molecular weight excluding hydrogens is 374 g/mol. The van der Waals surface area contributed by atoms with Crippen LogP contribution in [0.2, 0.25) is 0 Å². The average Bonchev–Trinajstić information content (AvgIpc) is 2.74. The molecule has 1 aliphatic rings. The van der Waals surface area contributed by atoms with E-state index in [1.807, 2.05) is 19.1 Å². The normalized spacial score (nSPS) is 14.5. The van der Waals surface area contributed by atoms with E-state index in [1.54, 1.807) is 24.0 Å². The van der Waals surface area contributed by atoms with Crippen molar-refractivity contribution in [2.75, 3.05) is 26.8 Å². The van der Waals surface area contributed by atoms with Crippen molar-refractivity contribution in [3.8, 4) is 11.4 Å². The van der Waals surface area contributed by atoms with E-state index in [0.717, 1.165) is 5.56 Å². The number of methoxy groups -OCH3 is 1. The average molecular weight is 399 g/mol. The number of nitrogens with zero attached hydrogens (tertiary/aromatic N) is 3. The number of esters is 1. The lowest BCUT2D eigenvalue weighted by Gasteiger charge is -2.30. The molecular formula is C21H25N3O5. The van der Waals surface area contributed by atoms with E-state index in [0.29, 0.717) is 38.2 Å². The van der Waals surface area contributed by atoms with Crippen molar-refractivity contribution in [2.24, 2.45) is 5.92 Å².